The van der Waals surface area contributed by atoms with E-state index in [-0.39, 0.29) is 41.0 Å². The number of Topliss-reactive ketones (excluding diaryl/α,β-unsaturated/α-hetero) is 1. The Bertz CT molecular complexity index is 2250. The number of amides is 2. The van der Waals surface area contributed by atoms with E-state index in [1.807, 2.05) is 59.5 Å². The summed E-state index contributed by atoms with van der Waals surface area (Å²) < 4.78 is 5.41. The molecule has 0 saturated heterocycles. The summed E-state index contributed by atoms with van der Waals surface area (Å²) >= 11 is 0. The second kappa shape index (κ2) is 13.9. The highest BCUT2D eigenvalue weighted by Crippen LogP contribution is 2.78. The number of rotatable bonds is 9. The first-order valence-electron chi connectivity index (χ1n) is 23.5. The van der Waals surface area contributed by atoms with Gasteiger partial charge in [0.15, 0.2) is 5.78 Å². The van der Waals surface area contributed by atoms with Crippen LogP contribution in [0.1, 0.15) is 108 Å². The Morgan fingerprint density at radius 2 is 1.36 bits per heavy atom. The van der Waals surface area contributed by atoms with Crippen molar-refractivity contribution in [2.24, 2.45) is 56.7 Å². The highest BCUT2D eigenvalue weighted by atomic mass is 16.5. The summed E-state index contributed by atoms with van der Waals surface area (Å²) in [6.07, 6.45) is 19.6. The number of benzene rings is 3. The fourth-order valence-corrected chi connectivity index (χ4v) is 16.5. The van der Waals surface area contributed by atoms with Gasteiger partial charge in [-0.3, -0.25) is 4.79 Å². The van der Waals surface area contributed by atoms with Crippen molar-refractivity contribution in [1.82, 2.24) is 4.90 Å². The number of aliphatic hydroxyl groups is 2. The van der Waals surface area contributed by atoms with E-state index in [1.54, 1.807) is 7.11 Å². The molecule has 0 heterocycles. The van der Waals surface area contributed by atoms with Crippen LogP contribution in [0.15, 0.2) is 103 Å². The van der Waals surface area contributed by atoms with Crippen LogP contribution in [0.25, 0.3) is 11.1 Å². The lowest BCUT2D eigenvalue weighted by atomic mass is 9.32. The number of ether oxygens (including phenoxy) is 1. The maximum Gasteiger partial charge on any atom is 0.321 e. The van der Waals surface area contributed by atoms with Crippen LogP contribution in [0.5, 0.6) is 5.75 Å². The monoisotopic (exact) mass is 820 g/mol. The second-order valence-electron chi connectivity index (χ2n) is 22.0. The molecule has 10 aliphatic rings. The molecule has 61 heavy (non-hydrogen) atoms. The van der Waals surface area contributed by atoms with Crippen LogP contribution in [-0.2, 0) is 0 Å². The van der Waals surface area contributed by atoms with Crippen molar-refractivity contribution in [2.45, 2.75) is 109 Å². The molecular formula is C54H64N2O5. The minimum absolute atomic E-state index is 0.00631. The zero-order valence-electron chi connectivity index (χ0n) is 36.4. The predicted molar refractivity (Wildman–Crippen MR) is 239 cm³/mol. The fourth-order valence-electron chi connectivity index (χ4n) is 16.5. The lowest BCUT2D eigenvalue weighted by Crippen LogP contribution is -2.67. The van der Waals surface area contributed by atoms with Crippen molar-refractivity contribution >= 4 is 17.5 Å². The van der Waals surface area contributed by atoms with E-state index in [2.05, 4.69) is 61.7 Å². The Labute approximate surface area is 362 Å². The zero-order valence-corrected chi connectivity index (χ0v) is 36.4. The van der Waals surface area contributed by atoms with Gasteiger partial charge in [0.25, 0.3) is 0 Å². The van der Waals surface area contributed by atoms with E-state index in [4.69, 9.17) is 4.74 Å². The molecule has 2 spiro atoms. The van der Waals surface area contributed by atoms with Gasteiger partial charge in [-0.15, -0.1) is 0 Å². The van der Waals surface area contributed by atoms with Crippen LogP contribution < -0.4 is 10.1 Å². The van der Waals surface area contributed by atoms with Gasteiger partial charge in [-0.25, -0.2) is 4.79 Å². The quantitative estimate of drug-likeness (QED) is 0.147. The molecular weight excluding hydrogens is 757 g/mol. The summed E-state index contributed by atoms with van der Waals surface area (Å²) in [7, 11) is 1.65. The van der Waals surface area contributed by atoms with Gasteiger partial charge in [0, 0.05) is 39.6 Å². The molecule has 8 unspecified atom stereocenters. The number of aliphatic hydroxyl groups excluding tert-OH is 1. The Morgan fingerprint density at radius 1 is 0.738 bits per heavy atom. The Morgan fingerprint density at radius 3 is 2.03 bits per heavy atom. The number of nitrogens with zero attached hydrogens (tertiary/aromatic N) is 1. The van der Waals surface area contributed by atoms with Crippen LogP contribution >= 0.6 is 0 Å². The third-order valence-corrected chi connectivity index (χ3v) is 19.0. The Hall–Kier alpha value is -4.20. The van der Waals surface area contributed by atoms with Gasteiger partial charge in [0.1, 0.15) is 5.75 Å². The first kappa shape index (κ1) is 39.6. The summed E-state index contributed by atoms with van der Waals surface area (Å²) in [6, 6.07) is 25.8. The molecule has 3 aromatic carbocycles. The molecule has 0 aromatic heterocycles. The number of urea groups is 1. The summed E-state index contributed by atoms with van der Waals surface area (Å²) in [6.45, 7) is 5.68. The number of allylic oxidation sites excluding steroid dienone is 4. The van der Waals surface area contributed by atoms with Crippen molar-refractivity contribution in [1.29, 1.82) is 0 Å². The predicted octanol–water partition coefficient (Wildman–Crippen LogP) is 10.9. The Balaban J connectivity index is 0.957. The number of ketones is 1. The van der Waals surface area contributed by atoms with Crippen LogP contribution in [0.2, 0.25) is 0 Å². The average molecular weight is 821 g/mol. The number of anilines is 1. The van der Waals surface area contributed by atoms with Gasteiger partial charge < -0.3 is 25.2 Å². The molecule has 3 aromatic rings. The number of carbonyl (C=O) groups excluding carboxylic acids is 2. The lowest BCUT2D eigenvalue weighted by molar-refractivity contribution is -0.176. The maximum atomic E-state index is 15.3. The highest BCUT2D eigenvalue weighted by molar-refractivity contribution is 6.10. The smallest absolute Gasteiger partial charge is 0.321 e. The molecule has 7 heteroatoms. The topological polar surface area (TPSA) is 99.1 Å². The second-order valence-corrected chi connectivity index (χ2v) is 22.0. The molecule has 320 valence electrons. The average Bonchev–Trinajstić information content (AvgIpc) is 3.52. The summed E-state index contributed by atoms with van der Waals surface area (Å²) in [5.41, 5.74) is 1.78. The molecule has 3 N–H and O–H groups in total. The minimum Gasteiger partial charge on any atom is -0.497 e. The number of hydrogen-bond donors (Lipinski definition) is 3. The minimum atomic E-state index is -1.15. The van der Waals surface area contributed by atoms with E-state index in [1.165, 1.54) is 38.5 Å². The van der Waals surface area contributed by atoms with Crippen molar-refractivity contribution in [3.63, 3.8) is 0 Å². The van der Waals surface area contributed by atoms with E-state index in [0.29, 0.717) is 24.9 Å². The first-order chi connectivity index (χ1) is 29.3. The van der Waals surface area contributed by atoms with Crippen molar-refractivity contribution in [3.8, 4) is 16.9 Å². The van der Waals surface area contributed by atoms with Crippen LogP contribution in [0.4, 0.5) is 10.5 Å². The van der Waals surface area contributed by atoms with Crippen LogP contribution in [0.3, 0.4) is 0 Å². The number of fused-ring (bicyclic) bond motifs is 1. The van der Waals surface area contributed by atoms with Gasteiger partial charge in [0.2, 0.25) is 0 Å². The van der Waals surface area contributed by atoms with E-state index in [9.17, 15) is 15.0 Å². The molecule has 7 fully saturated rings. The van der Waals surface area contributed by atoms with E-state index in [0.717, 1.165) is 78.0 Å². The molecule has 7 saturated carbocycles. The van der Waals surface area contributed by atoms with Crippen molar-refractivity contribution in [2.75, 3.05) is 25.5 Å². The molecule has 7 nitrogen and oxygen atoms in total. The SMILES string of the molecule is COc1ccc(NC(=O)N(CC23CC4CC(CC(C4)C2)C3)CC2(O)CCC3C45C=CC6(C=C4C(=O)c4ccc(-c7ccccc7)cc4)CC(O)CCC6(C)C5CCC32C)cc1. The molecule has 2 amide bonds. The standard InChI is InChI=1S/C54H64N2O5/c1-49-20-17-42(57)31-52(49)23-24-54(44(32-52)47(58)40-11-9-39(10-12-40)38-7-5-4-6-8-38)45(49)18-21-50(2)46(54)19-22-53(50,60)34-56(48(59)55-41-13-15-43(61-3)16-14-41)33-51-28-35-25-36(29-51)27-37(26-35)30-51/h4-16,23-24,32,35-37,42,45-46,57,60H,17-22,25-31,33-34H2,1-3H3,(H,55,59). The molecule has 10 aliphatic carbocycles. The summed E-state index contributed by atoms with van der Waals surface area (Å²) in [5, 5.41) is 28.0. The first-order valence-corrected chi connectivity index (χ1v) is 23.5. The largest absolute Gasteiger partial charge is 0.497 e. The van der Waals surface area contributed by atoms with Gasteiger partial charge >= 0.3 is 6.03 Å². The van der Waals surface area contributed by atoms with Gasteiger partial charge in [-0.2, -0.15) is 0 Å². The number of nitrogens with one attached hydrogen (secondary N) is 1. The van der Waals surface area contributed by atoms with Gasteiger partial charge in [0.05, 0.1) is 25.4 Å². The molecule has 13 rings (SSSR count). The lowest BCUT2D eigenvalue weighted by Gasteiger charge is -2.71. The number of hydrogen-bond acceptors (Lipinski definition) is 5. The number of carbonyl (C=O) groups is 2. The zero-order chi connectivity index (χ0) is 42.0. The normalized spacial score (nSPS) is 41.0. The summed E-state index contributed by atoms with van der Waals surface area (Å²) in [5.74, 6) is 3.26. The van der Waals surface area contributed by atoms with Gasteiger partial charge in [-0.05, 0) is 159 Å². The third kappa shape index (κ3) is 5.88. The highest BCUT2D eigenvalue weighted by Gasteiger charge is 2.74. The van der Waals surface area contributed by atoms with Gasteiger partial charge in [-0.1, -0.05) is 86.7 Å². The molecule has 6 bridgehead atoms. The number of methoxy groups -OCH3 is 1. The summed E-state index contributed by atoms with van der Waals surface area (Å²) in [4.78, 5) is 32.1. The fraction of sp³-hybridized carbons (Fsp3) is 0.556. The third-order valence-electron chi connectivity index (χ3n) is 19.0. The van der Waals surface area contributed by atoms with Crippen LogP contribution in [-0.4, -0.2) is 58.8 Å². The maximum absolute atomic E-state index is 15.3. The van der Waals surface area contributed by atoms with Crippen molar-refractivity contribution < 1.29 is 24.5 Å². The van der Waals surface area contributed by atoms with Crippen LogP contribution in [0, 0.1) is 56.7 Å². The Kier molecular flexibility index (Phi) is 9.03. The molecule has 0 aliphatic heterocycles. The molecule has 0 radical (unpaired) electrons. The van der Waals surface area contributed by atoms with E-state index >= 15 is 4.79 Å². The van der Waals surface area contributed by atoms with Crippen molar-refractivity contribution in [3.05, 3.63) is 108 Å². The molecule has 8 atom stereocenters. The van der Waals surface area contributed by atoms with E-state index < -0.39 is 27.9 Å².